The van der Waals surface area contributed by atoms with E-state index in [9.17, 15) is 18.0 Å². The summed E-state index contributed by atoms with van der Waals surface area (Å²) in [5.74, 6) is -0.816. The van der Waals surface area contributed by atoms with Gasteiger partial charge < -0.3 is 15.0 Å². The van der Waals surface area contributed by atoms with Gasteiger partial charge in [0.05, 0.1) is 18.2 Å². The van der Waals surface area contributed by atoms with Gasteiger partial charge >= 0.3 is 5.97 Å². The molecule has 0 aromatic heterocycles. The third kappa shape index (κ3) is 6.74. The third-order valence-corrected chi connectivity index (χ3v) is 9.45. The van der Waals surface area contributed by atoms with Crippen molar-refractivity contribution in [2.24, 2.45) is 5.92 Å². The van der Waals surface area contributed by atoms with Crippen LogP contribution < -0.4 is 14.9 Å². The van der Waals surface area contributed by atoms with Crippen LogP contribution in [0.15, 0.2) is 71.6 Å². The van der Waals surface area contributed by atoms with Crippen LogP contribution in [0.1, 0.15) is 60.1 Å². The Morgan fingerprint density at radius 2 is 1.78 bits per heavy atom. The first kappa shape index (κ1) is 29.1. The van der Waals surface area contributed by atoms with Crippen LogP contribution in [0.2, 0.25) is 5.02 Å². The number of halogens is 1. The van der Waals surface area contributed by atoms with Crippen molar-refractivity contribution in [2.75, 3.05) is 29.9 Å². The van der Waals surface area contributed by atoms with E-state index in [-0.39, 0.29) is 22.8 Å². The van der Waals surface area contributed by atoms with Crippen molar-refractivity contribution in [2.45, 2.75) is 50.0 Å². The number of benzene rings is 3. The monoisotopic (exact) mass is 595 g/mol. The Hall–Kier alpha value is -3.40. The predicted octanol–water partition coefficient (Wildman–Crippen LogP) is 5.73. The van der Waals surface area contributed by atoms with Gasteiger partial charge in [-0.25, -0.2) is 13.1 Å². The number of sulfonamides is 1. The van der Waals surface area contributed by atoms with Gasteiger partial charge in [0.15, 0.2) is 0 Å². The highest BCUT2D eigenvalue weighted by atomic mass is 35.5. The van der Waals surface area contributed by atoms with E-state index in [1.54, 1.807) is 43.3 Å². The van der Waals surface area contributed by atoms with Gasteiger partial charge in [-0.3, -0.25) is 9.59 Å². The summed E-state index contributed by atoms with van der Waals surface area (Å²) in [6, 6.07) is 19.1. The Kier molecular flexibility index (Phi) is 8.97. The molecular formula is C31H34ClN3O5S. The first-order valence-corrected chi connectivity index (χ1v) is 15.8. The maximum Gasteiger partial charge on any atom is 0.309 e. The molecule has 1 saturated heterocycles. The summed E-state index contributed by atoms with van der Waals surface area (Å²) in [5.41, 5.74) is 3.39. The molecule has 0 unspecified atom stereocenters. The second kappa shape index (κ2) is 12.6. The Morgan fingerprint density at radius 3 is 2.54 bits per heavy atom. The molecule has 1 aliphatic heterocycles. The summed E-state index contributed by atoms with van der Waals surface area (Å²) >= 11 is 6.06. The van der Waals surface area contributed by atoms with Gasteiger partial charge in [0.25, 0.3) is 5.91 Å². The number of anilines is 2. The van der Waals surface area contributed by atoms with Crippen LogP contribution in [-0.4, -0.2) is 40.0 Å². The van der Waals surface area contributed by atoms with Crippen molar-refractivity contribution in [3.05, 3.63) is 88.4 Å². The molecule has 2 N–H and O–H groups in total. The number of amides is 1. The highest BCUT2D eigenvalue weighted by molar-refractivity contribution is 7.89. The number of carbonyl (C=O) groups is 2. The van der Waals surface area contributed by atoms with Gasteiger partial charge in [0.2, 0.25) is 10.0 Å². The molecule has 0 bridgehead atoms. The summed E-state index contributed by atoms with van der Waals surface area (Å²) in [6.45, 7) is 3.13. The van der Waals surface area contributed by atoms with E-state index in [1.807, 2.05) is 29.2 Å². The number of carbonyl (C=O) groups excluding carboxylic acids is 2. The number of fused-ring (bicyclic) bond motifs is 1. The maximum absolute atomic E-state index is 14.0. The molecule has 5 rings (SSSR count). The van der Waals surface area contributed by atoms with E-state index in [0.29, 0.717) is 60.9 Å². The first-order chi connectivity index (χ1) is 19.7. The van der Waals surface area contributed by atoms with Gasteiger partial charge in [-0.2, -0.15) is 0 Å². The Balaban J connectivity index is 1.45. The fourth-order valence-corrected chi connectivity index (χ4v) is 7.34. The molecule has 3 aromatic rings. The molecule has 41 heavy (non-hydrogen) atoms. The van der Waals surface area contributed by atoms with E-state index in [2.05, 4.69) is 10.0 Å². The van der Waals surface area contributed by atoms with Crippen LogP contribution in [0.25, 0.3) is 0 Å². The van der Waals surface area contributed by atoms with Gasteiger partial charge in [-0.15, -0.1) is 0 Å². The summed E-state index contributed by atoms with van der Waals surface area (Å²) in [4.78, 5) is 27.3. The van der Waals surface area contributed by atoms with Gasteiger partial charge in [-0.05, 0) is 86.6 Å². The quantitative estimate of drug-likeness (QED) is 0.322. The molecule has 1 heterocycles. The number of esters is 1. The lowest BCUT2D eigenvalue weighted by Crippen LogP contribution is -2.38. The third-order valence-electron chi connectivity index (χ3n) is 7.72. The first-order valence-electron chi connectivity index (χ1n) is 14.0. The Labute approximate surface area is 246 Å². The topological polar surface area (TPSA) is 105 Å². The molecule has 1 fully saturated rings. The lowest BCUT2D eigenvalue weighted by molar-refractivity contribution is -0.148. The maximum atomic E-state index is 14.0. The summed E-state index contributed by atoms with van der Waals surface area (Å²) in [6.07, 6.45) is 3.62. The molecule has 8 nitrogen and oxygen atoms in total. The number of rotatable bonds is 8. The largest absolute Gasteiger partial charge is 0.466 e. The Morgan fingerprint density at radius 1 is 1.00 bits per heavy atom. The average Bonchev–Trinajstić information content (AvgIpc) is 2.97. The van der Waals surface area contributed by atoms with Crippen LogP contribution in [0, 0.1) is 5.92 Å². The second-order valence-electron chi connectivity index (χ2n) is 10.4. The average molecular weight is 596 g/mol. The van der Waals surface area contributed by atoms with E-state index in [4.69, 9.17) is 16.3 Å². The highest BCUT2D eigenvalue weighted by Crippen LogP contribution is 2.35. The standard InChI is InChI=1S/C31H34ClN3O5S/c1-2-40-31(37)22-15-17-35(18-16-22)28-14-13-25(33-30(36)23-9-5-10-24(32)19-23)20-29(28)41(38,39)34-27-12-6-8-21-7-3-4-11-26(21)27/h3-5,7,9-11,13-14,19-20,22,27,34H,2,6,8,12,15-18H2,1H3,(H,33,36)/t27-/m0/s1. The van der Waals surface area contributed by atoms with Crippen molar-refractivity contribution in [3.8, 4) is 0 Å². The summed E-state index contributed by atoms with van der Waals surface area (Å²) in [5, 5.41) is 3.24. The zero-order valence-electron chi connectivity index (χ0n) is 22.9. The second-order valence-corrected chi connectivity index (χ2v) is 12.5. The lowest BCUT2D eigenvalue weighted by atomic mass is 9.88. The number of nitrogens with one attached hydrogen (secondary N) is 2. The smallest absolute Gasteiger partial charge is 0.309 e. The number of hydrogen-bond donors (Lipinski definition) is 2. The minimum atomic E-state index is -4.01. The predicted molar refractivity (Wildman–Crippen MR) is 160 cm³/mol. The minimum Gasteiger partial charge on any atom is -0.466 e. The van der Waals surface area contributed by atoms with Crippen molar-refractivity contribution < 1.29 is 22.7 Å². The molecule has 216 valence electrons. The van der Waals surface area contributed by atoms with Crippen molar-refractivity contribution in [3.63, 3.8) is 0 Å². The molecule has 2 aliphatic rings. The highest BCUT2D eigenvalue weighted by Gasteiger charge is 2.32. The minimum absolute atomic E-state index is 0.0824. The number of nitrogens with zero attached hydrogens (tertiary/aromatic N) is 1. The Bertz CT molecular complexity index is 1540. The van der Waals surface area contributed by atoms with Crippen LogP contribution in [0.4, 0.5) is 11.4 Å². The van der Waals surface area contributed by atoms with E-state index in [0.717, 1.165) is 24.0 Å². The lowest BCUT2D eigenvalue weighted by Gasteiger charge is -2.34. The normalized spacial score (nSPS) is 17.5. The number of ether oxygens (including phenoxy) is 1. The number of hydrogen-bond acceptors (Lipinski definition) is 6. The van der Waals surface area contributed by atoms with Crippen LogP contribution in [-0.2, 0) is 26.0 Å². The fourth-order valence-electron chi connectivity index (χ4n) is 5.64. The molecule has 1 aliphatic carbocycles. The zero-order valence-corrected chi connectivity index (χ0v) is 24.5. The van der Waals surface area contributed by atoms with Gasteiger partial charge in [0.1, 0.15) is 4.90 Å². The molecule has 0 radical (unpaired) electrons. The molecular weight excluding hydrogens is 562 g/mol. The van der Waals surface area contributed by atoms with Crippen molar-refractivity contribution >= 4 is 44.9 Å². The van der Waals surface area contributed by atoms with Crippen LogP contribution >= 0.6 is 11.6 Å². The fraction of sp³-hybridized carbons (Fsp3) is 0.355. The summed E-state index contributed by atoms with van der Waals surface area (Å²) in [7, 11) is -4.01. The van der Waals surface area contributed by atoms with Gasteiger partial charge in [0, 0.05) is 35.4 Å². The molecule has 1 amide bonds. The number of piperidine rings is 1. The SMILES string of the molecule is CCOC(=O)C1CCN(c2ccc(NC(=O)c3cccc(Cl)c3)cc2S(=O)(=O)N[C@H]2CCCc3ccccc32)CC1. The summed E-state index contributed by atoms with van der Waals surface area (Å²) < 4.78 is 36.2. The van der Waals surface area contributed by atoms with Crippen LogP contribution in [0.3, 0.4) is 0 Å². The van der Waals surface area contributed by atoms with Crippen molar-refractivity contribution in [1.82, 2.24) is 4.72 Å². The molecule has 0 spiro atoms. The molecule has 1 atom stereocenters. The molecule has 0 saturated carbocycles. The number of aryl methyl sites for hydroxylation is 1. The van der Waals surface area contributed by atoms with Gasteiger partial charge in [-0.1, -0.05) is 41.9 Å². The van der Waals surface area contributed by atoms with Crippen molar-refractivity contribution in [1.29, 1.82) is 0 Å². The van der Waals surface area contributed by atoms with E-state index >= 15 is 0 Å². The van der Waals surface area contributed by atoms with E-state index in [1.165, 1.54) is 6.07 Å². The zero-order chi connectivity index (χ0) is 29.0. The molecule has 10 heteroatoms. The van der Waals surface area contributed by atoms with E-state index < -0.39 is 15.9 Å². The van der Waals surface area contributed by atoms with Crippen LogP contribution in [0.5, 0.6) is 0 Å². The molecule has 3 aromatic carbocycles.